The van der Waals surface area contributed by atoms with Crippen molar-refractivity contribution in [2.24, 2.45) is 11.8 Å². The molecule has 5 aliphatic heterocycles. The lowest BCUT2D eigenvalue weighted by atomic mass is 9.96. The monoisotopic (exact) mass is 1290 g/mol. The van der Waals surface area contributed by atoms with Crippen LogP contribution in [0.2, 0.25) is 5.02 Å². The molecule has 12 rings (SSSR count). The molecule has 0 saturated carbocycles. The fraction of sp³-hybridized carbons (Fsp3) is 0.364. The Balaban J connectivity index is 0.656. The summed E-state index contributed by atoms with van der Waals surface area (Å²) in [5.74, 6) is -1.43. The number of rotatable bonds is 24. The number of likely N-dealkylation sites (tertiary alicyclic amines) is 1. The number of benzene rings is 5. The van der Waals surface area contributed by atoms with Gasteiger partial charge in [0.05, 0.1) is 52.5 Å². The number of sulfonamides is 1. The largest absolute Gasteiger partial charge is 0.493 e. The van der Waals surface area contributed by atoms with Gasteiger partial charge in [-0.25, -0.2) is 18.1 Å². The van der Waals surface area contributed by atoms with Crippen molar-refractivity contribution in [3.63, 3.8) is 0 Å². The number of imide groups is 2. The lowest BCUT2D eigenvalue weighted by Gasteiger charge is -2.37. The van der Waals surface area contributed by atoms with E-state index in [0.29, 0.717) is 107 Å². The normalized spacial score (nSPS) is 17.8. The highest BCUT2D eigenvalue weighted by molar-refractivity contribution is 7.90. The van der Waals surface area contributed by atoms with Crippen LogP contribution >= 0.6 is 11.6 Å². The maximum atomic E-state index is 14.2. The minimum atomic E-state index is -4.63. The second kappa shape index (κ2) is 28.3. The van der Waals surface area contributed by atoms with Gasteiger partial charge in [0.15, 0.2) is 0 Å². The maximum absolute atomic E-state index is 14.2. The number of nitrogens with zero attached hydrogens (tertiary/aromatic N) is 6. The van der Waals surface area contributed by atoms with E-state index in [4.69, 9.17) is 30.5 Å². The molecule has 7 heterocycles. The van der Waals surface area contributed by atoms with Gasteiger partial charge in [-0.05, 0) is 135 Å². The predicted molar refractivity (Wildman–Crippen MR) is 344 cm³/mol. The summed E-state index contributed by atoms with van der Waals surface area (Å²) in [5.41, 5.74) is 5.01. The van der Waals surface area contributed by atoms with Gasteiger partial charge < -0.3 is 44.4 Å². The van der Waals surface area contributed by atoms with Crippen LogP contribution in [-0.4, -0.2) is 166 Å². The van der Waals surface area contributed by atoms with Gasteiger partial charge in [-0.3, -0.25) is 49.2 Å². The number of carbonyl (C=O) groups excluding carboxylic acids is 5. The number of aromatic nitrogens is 2. The summed E-state index contributed by atoms with van der Waals surface area (Å²) in [6.45, 7) is 9.13. The van der Waals surface area contributed by atoms with Crippen LogP contribution in [0.25, 0.3) is 22.2 Å². The molecule has 2 aromatic heterocycles. The van der Waals surface area contributed by atoms with Crippen LogP contribution in [0.3, 0.4) is 0 Å². The molecule has 480 valence electrons. The van der Waals surface area contributed by atoms with Gasteiger partial charge in [0.25, 0.3) is 33.4 Å². The standard InChI is InChI=1S/C66H70ClN11O13S/c67-46-9-7-44(8-10-46)50-3-2-6-58(90-41-43-18-24-74(25-19-43)30-34-89-33-23-68-55-5-1-4-52-61(55)66(83)77(65(52)82)56-15-16-60(79)72-64(56)81)53(50)40-75-26-28-76(29-27-75)47-11-13-51(59(36-47)91-48-35-45-17-22-69-62(45)71-39-48)63(80)73-92(86,87)49-12-14-54(57(37-49)78(84)85)70-38-42-20-31-88-32-21-42/h1-14,17,22,35-37,39,42-43,56,68,70H,15-16,18-21,23-34,38,40-41H2,(H,69,71)(H,73,80)(H,72,79,81). The van der Waals surface area contributed by atoms with Gasteiger partial charge in [0.1, 0.15) is 34.6 Å². The van der Waals surface area contributed by atoms with Crippen molar-refractivity contribution < 1.29 is 56.3 Å². The Kier molecular flexibility index (Phi) is 19.4. The molecule has 4 saturated heterocycles. The number of aromatic amines is 1. The molecule has 5 aliphatic rings. The first-order valence-electron chi connectivity index (χ1n) is 30.9. The number of ether oxygens (including phenoxy) is 4. The fourth-order valence-electron chi connectivity index (χ4n) is 12.5. The van der Waals surface area contributed by atoms with Crippen molar-refractivity contribution >= 4 is 84.9 Å². The number of piperazine rings is 1. The Hall–Kier alpha value is -8.98. The van der Waals surface area contributed by atoms with Crippen molar-refractivity contribution in [1.82, 2.24) is 34.7 Å². The second-order valence-corrected chi connectivity index (χ2v) is 25.7. The van der Waals surface area contributed by atoms with E-state index in [-0.39, 0.29) is 46.9 Å². The van der Waals surface area contributed by atoms with Crippen LogP contribution in [0.1, 0.15) is 75.2 Å². The van der Waals surface area contributed by atoms with E-state index in [0.717, 1.165) is 89.8 Å². The minimum absolute atomic E-state index is 0.0466. The smallest absolute Gasteiger partial charge is 0.293 e. The molecule has 7 aromatic rings. The molecule has 0 aliphatic carbocycles. The highest BCUT2D eigenvalue weighted by atomic mass is 35.5. The molecule has 4 fully saturated rings. The van der Waals surface area contributed by atoms with E-state index >= 15 is 0 Å². The van der Waals surface area contributed by atoms with Crippen LogP contribution in [0.5, 0.6) is 17.2 Å². The predicted octanol–water partition coefficient (Wildman–Crippen LogP) is 8.48. The second-order valence-electron chi connectivity index (χ2n) is 23.5. The minimum Gasteiger partial charge on any atom is -0.493 e. The number of hydrogen-bond acceptors (Lipinski definition) is 19. The highest BCUT2D eigenvalue weighted by Gasteiger charge is 2.46. The zero-order valence-corrected chi connectivity index (χ0v) is 52.0. The molecule has 1 atom stereocenters. The molecule has 0 radical (unpaired) electrons. The van der Waals surface area contributed by atoms with E-state index in [9.17, 15) is 42.5 Å². The Labute approximate surface area is 536 Å². The summed E-state index contributed by atoms with van der Waals surface area (Å²) in [6.07, 6.45) is 6.87. The number of anilines is 3. The molecular formula is C66H70ClN11O13S. The van der Waals surface area contributed by atoms with Crippen LogP contribution in [0, 0.1) is 22.0 Å². The third kappa shape index (κ3) is 14.5. The van der Waals surface area contributed by atoms with Gasteiger partial charge >= 0.3 is 0 Å². The molecule has 5 N–H and O–H groups in total. The van der Waals surface area contributed by atoms with Gasteiger partial charge in [0, 0.05) is 118 Å². The lowest BCUT2D eigenvalue weighted by Crippen LogP contribution is -2.54. The quantitative estimate of drug-likeness (QED) is 0.0164. The third-order valence-electron chi connectivity index (χ3n) is 17.6. The molecule has 5 amide bonds. The number of fused-ring (bicyclic) bond motifs is 2. The first-order valence-corrected chi connectivity index (χ1v) is 32.8. The Bertz CT molecular complexity index is 4040. The van der Waals surface area contributed by atoms with E-state index in [1.165, 1.54) is 24.4 Å². The van der Waals surface area contributed by atoms with Crippen LogP contribution in [0.15, 0.2) is 126 Å². The summed E-state index contributed by atoms with van der Waals surface area (Å²) in [5, 5.41) is 22.2. The summed E-state index contributed by atoms with van der Waals surface area (Å²) in [6, 6.07) is 30.0. The van der Waals surface area contributed by atoms with E-state index in [1.54, 1.807) is 42.6 Å². The average Bonchev–Trinajstić information content (AvgIpc) is 1.62. The van der Waals surface area contributed by atoms with Crippen molar-refractivity contribution in [2.75, 3.05) is 107 Å². The fourth-order valence-corrected chi connectivity index (χ4v) is 13.6. The number of nitrogens with one attached hydrogen (secondary N) is 5. The maximum Gasteiger partial charge on any atom is 0.293 e. The topological polar surface area (TPSA) is 289 Å². The number of nitro groups is 1. The molecule has 0 spiro atoms. The zero-order chi connectivity index (χ0) is 63.9. The number of amides is 5. The number of H-pyrrole nitrogens is 1. The van der Waals surface area contributed by atoms with Crippen LogP contribution < -0.4 is 35.0 Å². The average molecular weight is 1290 g/mol. The molecule has 92 heavy (non-hydrogen) atoms. The van der Waals surface area contributed by atoms with Gasteiger partial charge in [-0.1, -0.05) is 41.9 Å². The van der Waals surface area contributed by atoms with Crippen molar-refractivity contribution in [3.8, 4) is 28.4 Å². The van der Waals surface area contributed by atoms with Crippen molar-refractivity contribution in [3.05, 3.63) is 159 Å². The number of nitro benzene ring substituents is 1. The number of piperidine rings is 2. The third-order valence-corrected chi connectivity index (χ3v) is 19.2. The Morgan fingerprint density at radius 2 is 1.57 bits per heavy atom. The van der Waals surface area contributed by atoms with Gasteiger partial charge in [-0.15, -0.1) is 0 Å². The lowest BCUT2D eigenvalue weighted by molar-refractivity contribution is -0.384. The number of carbonyl (C=O) groups is 5. The summed E-state index contributed by atoms with van der Waals surface area (Å²) >= 11 is 6.38. The zero-order valence-electron chi connectivity index (χ0n) is 50.4. The first-order chi connectivity index (χ1) is 44.6. The number of pyridine rings is 1. The van der Waals surface area contributed by atoms with Crippen LogP contribution in [-0.2, 0) is 35.6 Å². The molecular weight excluding hydrogens is 1220 g/mol. The first kappa shape index (κ1) is 63.2. The van der Waals surface area contributed by atoms with Gasteiger partial charge in [0.2, 0.25) is 11.8 Å². The highest BCUT2D eigenvalue weighted by Crippen LogP contribution is 2.38. The summed E-state index contributed by atoms with van der Waals surface area (Å²) in [4.78, 5) is 91.7. The van der Waals surface area contributed by atoms with E-state index < -0.39 is 61.1 Å². The Morgan fingerprint density at radius 1 is 0.783 bits per heavy atom. The molecule has 1 unspecified atom stereocenters. The van der Waals surface area contributed by atoms with E-state index in [1.807, 2.05) is 42.5 Å². The Morgan fingerprint density at radius 3 is 2.35 bits per heavy atom. The molecule has 26 heteroatoms. The summed E-state index contributed by atoms with van der Waals surface area (Å²) in [7, 11) is -4.63. The number of hydrogen-bond donors (Lipinski definition) is 5. The summed E-state index contributed by atoms with van der Waals surface area (Å²) < 4.78 is 54.5. The van der Waals surface area contributed by atoms with Crippen LogP contribution in [0.4, 0.5) is 22.7 Å². The molecule has 0 bridgehead atoms. The molecule has 24 nitrogen and oxygen atoms in total. The SMILES string of the molecule is O=C1CCC(N2C(=O)c3cccc(NCCOCCN4CCC(COc5cccc(-c6ccc(Cl)cc6)c5CN5CCN(c6ccc(C(=O)NS(=O)(=O)c7ccc(NCC8CCOCC8)c([N+](=O)[O-])c7)c(Oc7cnc8[nH]ccc8c7)c6)CC5)CC4)c3C2=O)C(=O)N1. The molecule has 5 aromatic carbocycles. The van der Waals surface area contributed by atoms with Gasteiger partial charge in [-0.2, -0.15) is 0 Å². The number of halogens is 1. The van der Waals surface area contributed by atoms with Crippen molar-refractivity contribution in [1.29, 1.82) is 0 Å². The van der Waals surface area contributed by atoms with Crippen molar-refractivity contribution in [2.45, 2.75) is 56.0 Å². The van der Waals surface area contributed by atoms with E-state index in [2.05, 4.69) is 51.4 Å².